The summed E-state index contributed by atoms with van der Waals surface area (Å²) in [5, 5.41) is 14.2. The number of aliphatic hydroxyl groups is 1. The van der Waals surface area contributed by atoms with Crippen molar-refractivity contribution in [2.24, 2.45) is 0 Å². The maximum atomic E-state index is 11.7. The zero-order valence-corrected chi connectivity index (χ0v) is 14.8. The molecule has 2 rings (SSSR count). The standard InChI is InChI=1S/C16H21N5O3S/c1-10(8-22)18-16(23)20-12-5-3-11(4-6-12)15-19-13(9-25(2)24)7-14(17)21-15/h3-7,10,22H,8-9H2,1-2H3,(H2,17,19,21)(H2,18,20,23). The SMILES string of the molecule is CC(CO)NC(=O)Nc1ccc(-c2nc(N)cc(C[S+](C)[O-])n2)cc1. The molecule has 134 valence electrons. The summed E-state index contributed by atoms with van der Waals surface area (Å²) in [5.41, 5.74) is 7.72. The molecule has 8 nitrogen and oxygen atoms in total. The number of benzene rings is 1. The Bertz CT molecular complexity index is 724. The Balaban J connectivity index is 2.12. The number of rotatable bonds is 6. The second kappa shape index (κ2) is 8.65. The van der Waals surface area contributed by atoms with E-state index in [9.17, 15) is 9.35 Å². The largest absolute Gasteiger partial charge is 0.616 e. The van der Waals surface area contributed by atoms with E-state index in [1.165, 1.54) is 0 Å². The van der Waals surface area contributed by atoms with Crippen LogP contribution in [0.25, 0.3) is 11.4 Å². The number of aromatic nitrogens is 2. The highest BCUT2D eigenvalue weighted by Crippen LogP contribution is 2.20. The molecule has 0 aliphatic rings. The molecule has 0 fully saturated rings. The van der Waals surface area contributed by atoms with Crippen LogP contribution in [0.15, 0.2) is 30.3 Å². The smallest absolute Gasteiger partial charge is 0.319 e. The minimum Gasteiger partial charge on any atom is -0.616 e. The number of amides is 2. The predicted octanol–water partition coefficient (Wildman–Crippen LogP) is 1.11. The van der Waals surface area contributed by atoms with Gasteiger partial charge in [-0.1, -0.05) is 11.2 Å². The summed E-state index contributed by atoms with van der Waals surface area (Å²) < 4.78 is 11.4. The summed E-state index contributed by atoms with van der Waals surface area (Å²) in [7, 11) is 0. The van der Waals surface area contributed by atoms with Crippen molar-refractivity contribution in [1.82, 2.24) is 15.3 Å². The monoisotopic (exact) mass is 363 g/mol. The fraction of sp³-hybridized carbons (Fsp3) is 0.312. The molecule has 9 heteroatoms. The number of aliphatic hydroxyl groups excluding tert-OH is 1. The number of hydrogen-bond acceptors (Lipinski definition) is 6. The van der Waals surface area contributed by atoms with Gasteiger partial charge in [0.1, 0.15) is 11.6 Å². The molecule has 0 aliphatic carbocycles. The number of nitrogens with one attached hydrogen (secondary N) is 2. The van der Waals surface area contributed by atoms with Crippen LogP contribution in [0.4, 0.5) is 16.3 Å². The summed E-state index contributed by atoms with van der Waals surface area (Å²) in [6.07, 6.45) is 1.60. The van der Waals surface area contributed by atoms with E-state index in [0.29, 0.717) is 28.8 Å². The zero-order valence-electron chi connectivity index (χ0n) is 14.0. The zero-order chi connectivity index (χ0) is 18.4. The number of urea groups is 1. The normalized spacial score (nSPS) is 13.1. The third kappa shape index (κ3) is 5.89. The Labute approximate surface area is 149 Å². The Morgan fingerprint density at radius 1 is 1.36 bits per heavy atom. The lowest BCUT2D eigenvalue weighted by atomic mass is 10.2. The quantitative estimate of drug-likeness (QED) is 0.568. The summed E-state index contributed by atoms with van der Waals surface area (Å²) in [4.78, 5) is 20.3. The van der Waals surface area contributed by atoms with E-state index in [0.717, 1.165) is 5.56 Å². The van der Waals surface area contributed by atoms with Crippen LogP contribution >= 0.6 is 0 Å². The third-order valence-corrected chi connectivity index (χ3v) is 3.90. The van der Waals surface area contributed by atoms with Gasteiger partial charge in [0.05, 0.1) is 24.6 Å². The first-order valence-corrected chi connectivity index (χ1v) is 9.32. The molecule has 1 heterocycles. The third-order valence-electron chi connectivity index (χ3n) is 3.20. The fourth-order valence-electron chi connectivity index (χ4n) is 2.07. The molecular weight excluding hydrogens is 342 g/mol. The number of nitrogens with two attached hydrogens (primary N) is 1. The van der Waals surface area contributed by atoms with Gasteiger partial charge in [0.15, 0.2) is 5.82 Å². The topological polar surface area (TPSA) is 136 Å². The Morgan fingerprint density at radius 2 is 2.04 bits per heavy atom. The molecule has 25 heavy (non-hydrogen) atoms. The number of anilines is 2. The van der Waals surface area contributed by atoms with E-state index in [4.69, 9.17) is 10.8 Å². The van der Waals surface area contributed by atoms with Crippen LogP contribution in [0.1, 0.15) is 12.6 Å². The first-order valence-electron chi connectivity index (χ1n) is 7.59. The van der Waals surface area contributed by atoms with Gasteiger partial charge in [-0.15, -0.1) is 0 Å². The van der Waals surface area contributed by atoms with Crippen molar-refractivity contribution in [1.29, 1.82) is 0 Å². The Hall–Kier alpha value is -2.36. The molecular formula is C16H21N5O3S. The molecule has 5 N–H and O–H groups in total. The van der Waals surface area contributed by atoms with E-state index in [1.807, 2.05) is 0 Å². The van der Waals surface area contributed by atoms with Gasteiger partial charge in [-0.25, -0.2) is 14.8 Å². The molecule has 2 atom stereocenters. The first-order chi connectivity index (χ1) is 11.9. The van der Waals surface area contributed by atoms with Crippen LogP contribution in [-0.2, 0) is 16.9 Å². The van der Waals surface area contributed by atoms with Crippen molar-refractivity contribution >= 4 is 28.7 Å². The van der Waals surface area contributed by atoms with Crippen molar-refractivity contribution in [3.8, 4) is 11.4 Å². The molecule has 0 saturated carbocycles. The van der Waals surface area contributed by atoms with Crippen molar-refractivity contribution in [2.75, 3.05) is 23.9 Å². The maximum Gasteiger partial charge on any atom is 0.319 e. The summed E-state index contributed by atoms with van der Waals surface area (Å²) in [5.74, 6) is 1.05. The van der Waals surface area contributed by atoms with Gasteiger partial charge in [0.25, 0.3) is 0 Å². The minimum atomic E-state index is -1.02. The van der Waals surface area contributed by atoms with E-state index in [2.05, 4.69) is 20.6 Å². The average molecular weight is 363 g/mol. The van der Waals surface area contributed by atoms with Crippen LogP contribution in [0.3, 0.4) is 0 Å². The Morgan fingerprint density at radius 3 is 2.64 bits per heavy atom. The lowest BCUT2D eigenvalue weighted by molar-refractivity contribution is 0.229. The average Bonchev–Trinajstić information content (AvgIpc) is 2.54. The fourth-order valence-corrected chi connectivity index (χ4v) is 2.63. The summed E-state index contributed by atoms with van der Waals surface area (Å²) in [6.45, 7) is 1.56. The van der Waals surface area contributed by atoms with Gasteiger partial charge in [0.2, 0.25) is 0 Å². The van der Waals surface area contributed by atoms with Crippen molar-refractivity contribution < 1.29 is 14.5 Å². The molecule has 2 aromatic rings. The van der Waals surface area contributed by atoms with Gasteiger partial charge in [-0.05, 0) is 31.2 Å². The van der Waals surface area contributed by atoms with Crippen LogP contribution in [-0.4, -0.2) is 44.6 Å². The predicted molar refractivity (Wildman–Crippen MR) is 98.4 cm³/mol. The summed E-state index contributed by atoms with van der Waals surface area (Å²) >= 11 is -1.02. The van der Waals surface area contributed by atoms with E-state index in [-0.39, 0.29) is 12.6 Å². The lowest BCUT2D eigenvalue weighted by Gasteiger charge is -2.12. The maximum absolute atomic E-state index is 11.7. The lowest BCUT2D eigenvalue weighted by Crippen LogP contribution is -2.38. The van der Waals surface area contributed by atoms with Crippen molar-refractivity contribution in [2.45, 2.75) is 18.7 Å². The van der Waals surface area contributed by atoms with Crippen LogP contribution < -0.4 is 16.4 Å². The highest BCUT2D eigenvalue weighted by Gasteiger charge is 2.10. The van der Waals surface area contributed by atoms with Crippen LogP contribution in [0.5, 0.6) is 0 Å². The summed E-state index contributed by atoms with van der Waals surface area (Å²) in [6, 6.07) is 7.81. The van der Waals surface area contributed by atoms with Crippen molar-refractivity contribution in [3.05, 3.63) is 36.0 Å². The number of hydrogen-bond donors (Lipinski definition) is 4. The highest BCUT2D eigenvalue weighted by atomic mass is 32.2. The minimum absolute atomic E-state index is 0.135. The molecule has 0 radical (unpaired) electrons. The molecule has 0 saturated heterocycles. The molecule has 1 aromatic heterocycles. The number of carbonyl (C=O) groups is 1. The molecule has 1 aromatic carbocycles. The van der Waals surface area contributed by atoms with Crippen LogP contribution in [0, 0.1) is 0 Å². The van der Waals surface area contributed by atoms with Gasteiger partial charge in [0, 0.05) is 17.3 Å². The molecule has 0 bridgehead atoms. The Kier molecular flexibility index (Phi) is 6.57. The molecule has 2 unspecified atom stereocenters. The number of nitrogens with zero attached hydrogens (tertiary/aromatic N) is 2. The van der Waals surface area contributed by atoms with Gasteiger partial charge in [-0.3, -0.25) is 0 Å². The van der Waals surface area contributed by atoms with Crippen LogP contribution in [0.2, 0.25) is 0 Å². The van der Waals surface area contributed by atoms with Gasteiger partial charge >= 0.3 is 6.03 Å². The van der Waals surface area contributed by atoms with Crippen molar-refractivity contribution in [3.63, 3.8) is 0 Å². The number of carbonyl (C=O) groups excluding carboxylic acids is 1. The molecule has 0 spiro atoms. The van der Waals surface area contributed by atoms with Gasteiger partial charge < -0.3 is 26.0 Å². The van der Waals surface area contributed by atoms with E-state index in [1.54, 1.807) is 43.5 Å². The second-order valence-corrected chi connectivity index (χ2v) is 7.02. The van der Waals surface area contributed by atoms with E-state index >= 15 is 0 Å². The van der Waals surface area contributed by atoms with Gasteiger partial charge in [-0.2, -0.15) is 0 Å². The van der Waals surface area contributed by atoms with E-state index < -0.39 is 17.2 Å². The second-order valence-electron chi connectivity index (χ2n) is 5.58. The highest BCUT2D eigenvalue weighted by molar-refractivity contribution is 7.89. The number of nitrogen functional groups attached to an aromatic ring is 1. The molecule has 0 aliphatic heterocycles. The molecule has 2 amide bonds. The first kappa shape index (κ1) is 19.0.